The molecule has 0 unspecified atom stereocenters. The van der Waals surface area contributed by atoms with Crippen LogP contribution in [0.3, 0.4) is 0 Å². The third-order valence-corrected chi connectivity index (χ3v) is 10.7. The van der Waals surface area contributed by atoms with E-state index in [4.69, 9.17) is 19.4 Å². The third-order valence-electron chi connectivity index (χ3n) is 10.7. The van der Waals surface area contributed by atoms with Crippen molar-refractivity contribution in [3.63, 3.8) is 0 Å². The molecular weight excluding hydrogens is 685 g/mol. The van der Waals surface area contributed by atoms with Gasteiger partial charge in [-0.15, -0.1) is 0 Å². The van der Waals surface area contributed by atoms with Crippen LogP contribution in [0.25, 0.3) is 105 Å². The van der Waals surface area contributed by atoms with Crippen LogP contribution in [0.5, 0.6) is 0 Å². The van der Waals surface area contributed by atoms with Crippen molar-refractivity contribution in [1.82, 2.24) is 19.5 Å². The highest BCUT2D eigenvalue weighted by atomic mass is 16.3. The molecule has 56 heavy (non-hydrogen) atoms. The average Bonchev–Trinajstić information content (AvgIpc) is 3.62. The van der Waals surface area contributed by atoms with E-state index in [-0.39, 0.29) is 0 Å². The Hall–Kier alpha value is -7.63. The van der Waals surface area contributed by atoms with Crippen molar-refractivity contribution in [2.75, 3.05) is 0 Å². The largest absolute Gasteiger partial charge is 0.456 e. The maximum Gasteiger partial charge on any atom is 0.238 e. The van der Waals surface area contributed by atoms with Gasteiger partial charge in [0.1, 0.15) is 11.2 Å². The molecule has 0 bridgehead atoms. The van der Waals surface area contributed by atoms with Crippen molar-refractivity contribution in [2.24, 2.45) is 0 Å². The molecule has 0 aliphatic rings. The fraction of sp³-hybridized carbons (Fsp3) is 0. The summed E-state index contributed by atoms with van der Waals surface area (Å²) in [6.07, 6.45) is 0. The predicted molar refractivity (Wildman–Crippen MR) is 230 cm³/mol. The fourth-order valence-corrected chi connectivity index (χ4v) is 8.06. The molecule has 0 N–H and O–H groups in total. The van der Waals surface area contributed by atoms with E-state index in [0.717, 1.165) is 87.5 Å². The van der Waals surface area contributed by atoms with Crippen LogP contribution >= 0.6 is 0 Å². The highest BCUT2D eigenvalue weighted by Gasteiger charge is 2.20. The van der Waals surface area contributed by atoms with Gasteiger partial charge in [0.15, 0.2) is 11.6 Å². The summed E-state index contributed by atoms with van der Waals surface area (Å²) in [6, 6.07) is 67.5. The number of aromatic nitrogens is 4. The van der Waals surface area contributed by atoms with Gasteiger partial charge in [0.2, 0.25) is 5.95 Å². The van der Waals surface area contributed by atoms with E-state index in [0.29, 0.717) is 17.6 Å². The van der Waals surface area contributed by atoms with E-state index in [2.05, 4.69) is 132 Å². The summed E-state index contributed by atoms with van der Waals surface area (Å²) in [5, 5.41) is 8.67. The zero-order chi connectivity index (χ0) is 37.0. The van der Waals surface area contributed by atoms with Gasteiger partial charge in [-0.05, 0) is 69.1 Å². The standard InChI is InChI=1S/C51H32N4O/c1-4-16-33(17-5-1)36-28-29-48-44(30-36)42-32-46-43(31-41(42)38-23-11-10-22-37(38)40-25-13-15-27-47(40)56-48)39-24-12-14-26-45(39)55(46)51-53-49(34-18-6-2-7-19-34)52-50(54-51)35-20-8-3-9-21-35/h1-32H. The molecule has 11 rings (SSSR count). The molecule has 5 nitrogen and oxygen atoms in total. The first kappa shape index (κ1) is 31.9. The minimum absolute atomic E-state index is 0.550. The topological polar surface area (TPSA) is 56.7 Å². The van der Waals surface area contributed by atoms with Crippen LogP contribution in [0.15, 0.2) is 199 Å². The average molecular weight is 717 g/mol. The minimum Gasteiger partial charge on any atom is -0.456 e. The SMILES string of the molecule is c1ccc(-c2ccc3oc4ccccc4c4ccccc4c4cc5c6ccccc6n(-c6nc(-c7ccccc7)nc(-c7ccccc7)n6)c5cc4c3c2)cc1. The third kappa shape index (κ3) is 5.29. The molecule has 5 heteroatoms. The van der Waals surface area contributed by atoms with E-state index >= 15 is 0 Å². The number of fused-ring (bicyclic) bond motifs is 10. The fourth-order valence-electron chi connectivity index (χ4n) is 8.06. The van der Waals surface area contributed by atoms with Crippen LogP contribution in [-0.4, -0.2) is 19.5 Å². The molecule has 0 aliphatic heterocycles. The lowest BCUT2D eigenvalue weighted by molar-refractivity contribution is 0.663. The van der Waals surface area contributed by atoms with Gasteiger partial charge in [-0.25, -0.2) is 4.98 Å². The number of rotatable bonds is 4. The number of nitrogens with zero attached hydrogens (tertiary/aromatic N) is 4. The molecule has 0 saturated carbocycles. The van der Waals surface area contributed by atoms with Gasteiger partial charge in [-0.1, -0.05) is 158 Å². The van der Waals surface area contributed by atoms with Gasteiger partial charge in [0, 0.05) is 32.7 Å². The summed E-state index contributed by atoms with van der Waals surface area (Å²) in [7, 11) is 0. The second kappa shape index (κ2) is 13.0. The number of benzene rings is 8. The van der Waals surface area contributed by atoms with E-state index in [1.807, 2.05) is 66.7 Å². The summed E-state index contributed by atoms with van der Waals surface area (Å²) in [5.74, 6) is 1.77. The predicted octanol–water partition coefficient (Wildman–Crippen LogP) is 13.3. The molecule has 11 aromatic rings. The summed E-state index contributed by atoms with van der Waals surface area (Å²) in [4.78, 5) is 15.4. The Bertz CT molecular complexity index is 3290. The Balaban J connectivity index is 1.34. The van der Waals surface area contributed by atoms with Crippen LogP contribution in [-0.2, 0) is 0 Å². The first-order chi connectivity index (χ1) is 27.8. The van der Waals surface area contributed by atoms with Crippen LogP contribution in [0, 0.1) is 0 Å². The lowest BCUT2D eigenvalue weighted by Crippen LogP contribution is -2.06. The molecule has 3 heterocycles. The second-order valence-corrected chi connectivity index (χ2v) is 14.0. The van der Waals surface area contributed by atoms with E-state index in [1.54, 1.807) is 0 Å². The van der Waals surface area contributed by atoms with Crippen molar-refractivity contribution in [2.45, 2.75) is 0 Å². The Kier molecular flexibility index (Phi) is 7.42. The second-order valence-electron chi connectivity index (χ2n) is 14.0. The maximum atomic E-state index is 6.94. The van der Waals surface area contributed by atoms with Crippen LogP contribution in [0.2, 0.25) is 0 Å². The van der Waals surface area contributed by atoms with Gasteiger partial charge < -0.3 is 4.42 Å². The minimum atomic E-state index is 0.550. The number of hydrogen-bond donors (Lipinski definition) is 0. The smallest absolute Gasteiger partial charge is 0.238 e. The van der Waals surface area contributed by atoms with Gasteiger partial charge in [0.25, 0.3) is 0 Å². The van der Waals surface area contributed by atoms with Crippen molar-refractivity contribution >= 4 is 65.3 Å². The van der Waals surface area contributed by atoms with E-state index in [9.17, 15) is 0 Å². The molecule has 0 atom stereocenters. The van der Waals surface area contributed by atoms with Crippen molar-refractivity contribution in [1.29, 1.82) is 0 Å². The van der Waals surface area contributed by atoms with Crippen molar-refractivity contribution in [3.05, 3.63) is 194 Å². The molecule has 0 radical (unpaired) electrons. The maximum absolute atomic E-state index is 6.94. The normalized spacial score (nSPS) is 11.6. The summed E-state index contributed by atoms with van der Waals surface area (Å²) in [6.45, 7) is 0. The zero-order valence-electron chi connectivity index (χ0n) is 30.2. The Morgan fingerprint density at radius 1 is 0.304 bits per heavy atom. The molecule has 0 fully saturated rings. The lowest BCUT2D eigenvalue weighted by atomic mass is 9.97. The Morgan fingerprint density at radius 2 is 0.821 bits per heavy atom. The molecule has 0 amide bonds. The monoisotopic (exact) mass is 716 g/mol. The van der Waals surface area contributed by atoms with Crippen LogP contribution in [0.4, 0.5) is 0 Å². The Morgan fingerprint density at radius 3 is 1.50 bits per heavy atom. The first-order valence-electron chi connectivity index (χ1n) is 18.8. The quantitative estimate of drug-likeness (QED) is 0.182. The first-order valence-corrected chi connectivity index (χ1v) is 18.8. The highest BCUT2D eigenvalue weighted by Crippen LogP contribution is 2.40. The lowest BCUT2D eigenvalue weighted by Gasteiger charge is -2.11. The summed E-state index contributed by atoms with van der Waals surface area (Å²) in [5.41, 5.74) is 7.68. The molecule has 0 aliphatic carbocycles. The van der Waals surface area contributed by atoms with E-state index < -0.39 is 0 Å². The summed E-state index contributed by atoms with van der Waals surface area (Å²) >= 11 is 0. The molecule has 0 spiro atoms. The van der Waals surface area contributed by atoms with Gasteiger partial charge in [-0.2, -0.15) is 9.97 Å². The van der Waals surface area contributed by atoms with Crippen LogP contribution < -0.4 is 0 Å². The number of hydrogen-bond acceptors (Lipinski definition) is 4. The highest BCUT2D eigenvalue weighted by molar-refractivity contribution is 6.24. The Labute approximate surface area is 322 Å². The zero-order valence-corrected chi connectivity index (χ0v) is 30.2. The molecule has 3 aromatic heterocycles. The van der Waals surface area contributed by atoms with Gasteiger partial charge in [-0.3, -0.25) is 4.57 Å². The van der Waals surface area contributed by atoms with Crippen LogP contribution in [0.1, 0.15) is 0 Å². The van der Waals surface area contributed by atoms with Gasteiger partial charge >= 0.3 is 0 Å². The molecular formula is C51H32N4O. The molecule has 8 aromatic carbocycles. The van der Waals surface area contributed by atoms with Crippen molar-refractivity contribution in [3.8, 4) is 39.9 Å². The van der Waals surface area contributed by atoms with Gasteiger partial charge in [0.05, 0.1) is 11.0 Å². The molecule has 0 saturated heterocycles. The summed E-state index contributed by atoms with van der Waals surface area (Å²) < 4.78 is 9.14. The number of para-hydroxylation sites is 2. The van der Waals surface area contributed by atoms with E-state index in [1.165, 1.54) is 0 Å². The van der Waals surface area contributed by atoms with Crippen molar-refractivity contribution < 1.29 is 4.42 Å². The molecule has 262 valence electrons.